The molecule has 6 nitrogen and oxygen atoms in total. The Morgan fingerprint density at radius 1 is 1.18 bits per heavy atom. The zero-order valence-corrected chi connectivity index (χ0v) is 19.9. The van der Waals surface area contributed by atoms with Crippen molar-refractivity contribution in [2.45, 2.75) is 42.1 Å². The van der Waals surface area contributed by atoms with Crippen LogP contribution in [0.1, 0.15) is 41.2 Å². The van der Waals surface area contributed by atoms with Gasteiger partial charge in [-0.3, -0.25) is 14.9 Å². The fourth-order valence-corrected chi connectivity index (χ4v) is 9.07. The molecule has 0 radical (unpaired) electrons. The molecule has 3 aliphatic rings. The third-order valence-electron chi connectivity index (χ3n) is 7.35. The number of fused-ring (bicyclic) bond motifs is 6. The van der Waals surface area contributed by atoms with Gasteiger partial charge < -0.3 is 9.72 Å². The lowest BCUT2D eigenvalue weighted by atomic mass is 9.74. The standard InChI is InChI=1S/C24H21ClN2O4S2/c25-17-4-2-1-3-14(17)11-31-18-8-7-15(27(29)30)10-16(18)20-19-12-5-6-13(9-12)21(19)32-23-22(20)33-24(28)26-23/h1-4,7-8,10,12-13,19-21H,5-6,9,11H2,(H,26,28)/t12-,13-,19-,20-,21+/m0/s1. The van der Waals surface area contributed by atoms with E-state index < -0.39 is 0 Å². The van der Waals surface area contributed by atoms with E-state index in [1.54, 1.807) is 23.9 Å². The molecule has 170 valence electrons. The molecule has 1 aromatic heterocycles. The second kappa shape index (κ2) is 8.18. The van der Waals surface area contributed by atoms with Crippen LogP contribution < -0.4 is 9.61 Å². The van der Waals surface area contributed by atoms with Gasteiger partial charge in [-0.25, -0.2) is 0 Å². The van der Waals surface area contributed by atoms with Crippen LogP contribution in [0.5, 0.6) is 5.75 Å². The average Bonchev–Trinajstić information content (AvgIpc) is 3.51. The summed E-state index contributed by atoms with van der Waals surface area (Å²) < 4.78 is 6.24. The number of benzene rings is 2. The van der Waals surface area contributed by atoms with E-state index in [4.69, 9.17) is 16.3 Å². The van der Waals surface area contributed by atoms with Crippen molar-refractivity contribution >= 4 is 40.4 Å². The van der Waals surface area contributed by atoms with E-state index in [9.17, 15) is 14.9 Å². The first-order valence-electron chi connectivity index (χ1n) is 11.0. The smallest absolute Gasteiger partial charge is 0.305 e. The molecule has 33 heavy (non-hydrogen) atoms. The highest BCUT2D eigenvalue weighted by molar-refractivity contribution is 8.00. The minimum Gasteiger partial charge on any atom is -0.489 e. The molecular weight excluding hydrogens is 480 g/mol. The number of ether oxygens (including phenoxy) is 1. The van der Waals surface area contributed by atoms with Crippen molar-refractivity contribution in [3.8, 4) is 5.75 Å². The van der Waals surface area contributed by atoms with E-state index >= 15 is 0 Å². The molecule has 0 unspecified atom stereocenters. The fraction of sp³-hybridized carbons (Fsp3) is 0.375. The number of rotatable bonds is 5. The van der Waals surface area contributed by atoms with E-state index in [0.29, 0.717) is 33.8 Å². The van der Waals surface area contributed by atoms with Gasteiger partial charge in [-0.15, -0.1) is 11.8 Å². The third kappa shape index (κ3) is 3.59. The summed E-state index contributed by atoms with van der Waals surface area (Å²) in [6.45, 7) is 0.266. The van der Waals surface area contributed by atoms with E-state index in [2.05, 4.69) is 4.98 Å². The Bertz CT molecular complexity index is 1310. The predicted octanol–water partition coefficient (Wildman–Crippen LogP) is 6.23. The number of aromatic nitrogens is 1. The molecule has 3 aromatic rings. The van der Waals surface area contributed by atoms with Gasteiger partial charge in [0.15, 0.2) is 0 Å². The molecule has 2 saturated carbocycles. The summed E-state index contributed by atoms with van der Waals surface area (Å²) in [5.41, 5.74) is 1.69. The van der Waals surface area contributed by atoms with Crippen molar-refractivity contribution in [1.29, 1.82) is 0 Å². The van der Waals surface area contributed by atoms with Gasteiger partial charge in [-0.05, 0) is 49.1 Å². The maximum absolute atomic E-state index is 12.3. The summed E-state index contributed by atoms with van der Waals surface area (Å²) in [4.78, 5) is 27.6. The van der Waals surface area contributed by atoms with E-state index in [1.165, 1.54) is 36.7 Å². The Morgan fingerprint density at radius 3 is 2.82 bits per heavy atom. The number of hydrogen-bond donors (Lipinski definition) is 1. The van der Waals surface area contributed by atoms with Gasteiger partial charge in [0, 0.05) is 44.3 Å². The lowest BCUT2D eigenvalue weighted by Crippen LogP contribution is -2.33. The molecule has 1 N–H and O–H groups in total. The van der Waals surface area contributed by atoms with Gasteiger partial charge in [0.1, 0.15) is 12.4 Å². The zero-order chi connectivity index (χ0) is 22.7. The molecule has 2 aliphatic carbocycles. The number of nitro groups is 1. The molecular formula is C24H21ClN2O4S2. The minimum atomic E-state index is -0.363. The normalized spacial score (nSPS) is 27.2. The van der Waals surface area contributed by atoms with Gasteiger partial charge in [-0.1, -0.05) is 41.1 Å². The van der Waals surface area contributed by atoms with Crippen LogP contribution in [-0.4, -0.2) is 15.2 Å². The van der Waals surface area contributed by atoms with Gasteiger partial charge >= 0.3 is 4.87 Å². The topological polar surface area (TPSA) is 85.2 Å². The second-order valence-electron chi connectivity index (χ2n) is 9.04. The van der Waals surface area contributed by atoms with Crippen molar-refractivity contribution < 1.29 is 9.66 Å². The van der Waals surface area contributed by atoms with Crippen molar-refractivity contribution in [2.24, 2.45) is 17.8 Å². The van der Waals surface area contributed by atoms with Crippen LogP contribution in [-0.2, 0) is 6.61 Å². The van der Waals surface area contributed by atoms with Crippen molar-refractivity contribution in [1.82, 2.24) is 4.98 Å². The maximum atomic E-state index is 12.3. The van der Waals surface area contributed by atoms with Crippen LogP contribution in [0.2, 0.25) is 5.02 Å². The number of H-pyrrole nitrogens is 1. The number of aromatic amines is 1. The largest absolute Gasteiger partial charge is 0.489 e. The van der Waals surface area contributed by atoms with Gasteiger partial charge in [0.2, 0.25) is 0 Å². The number of nitrogens with one attached hydrogen (secondary N) is 1. The summed E-state index contributed by atoms with van der Waals surface area (Å²) in [6, 6.07) is 12.3. The molecule has 5 atom stereocenters. The quantitative estimate of drug-likeness (QED) is 0.331. The molecule has 2 fully saturated rings. The van der Waals surface area contributed by atoms with Crippen molar-refractivity contribution in [3.63, 3.8) is 0 Å². The Morgan fingerprint density at radius 2 is 2.00 bits per heavy atom. The first-order valence-corrected chi connectivity index (χ1v) is 13.1. The van der Waals surface area contributed by atoms with Gasteiger partial charge in [0.05, 0.1) is 9.95 Å². The van der Waals surface area contributed by atoms with Crippen LogP contribution in [0.25, 0.3) is 0 Å². The number of nitrogens with zero attached hydrogens (tertiary/aromatic N) is 1. The van der Waals surface area contributed by atoms with E-state index in [1.807, 2.05) is 24.3 Å². The second-order valence-corrected chi connectivity index (χ2v) is 11.6. The van der Waals surface area contributed by atoms with Crippen LogP contribution >= 0.6 is 34.7 Å². The SMILES string of the molecule is O=c1[nH]c2c(s1)[C@@H](c1cc([N+](=O)[O-])ccc1OCc1ccccc1Cl)[C@@H]1[C@H]3CC[C@@H](C3)[C@H]1S2. The molecule has 1 aliphatic heterocycles. The predicted molar refractivity (Wildman–Crippen MR) is 130 cm³/mol. The fourth-order valence-electron chi connectivity index (χ4n) is 5.99. The number of halogens is 1. The molecule has 0 amide bonds. The first-order chi connectivity index (χ1) is 16.0. The summed E-state index contributed by atoms with van der Waals surface area (Å²) in [7, 11) is 0. The molecule has 2 bridgehead atoms. The lowest BCUT2D eigenvalue weighted by molar-refractivity contribution is -0.385. The average molecular weight is 501 g/mol. The highest BCUT2D eigenvalue weighted by Gasteiger charge is 2.55. The third-order valence-corrected chi connectivity index (χ3v) is 10.3. The highest BCUT2D eigenvalue weighted by atomic mass is 35.5. The zero-order valence-electron chi connectivity index (χ0n) is 17.5. The monoisotopic (exact) mass is 500 g/mol. The number of non-ortho nitro benzene ring substituents is 1. The summed E-state index contributed by atoms with van der Waals surface area (Å²) in [5.74, 6) is 2.07. The summed E-state index contributed by atoms with van der Waals surface area (Å²) in [6.07, 6.45) is 3.60. The van der Waals surface area contributed by atoms with Crippen LogP contribution in [0.3, 0.4) is 0 Å². The highest BCUT2D eigenvalue weighted by Crippen LogP contribution is 2.64. The first kappa shape index (κ1) is 21.3. The number of thioether (sulfide) groups is 1. The molecule has 9 heteroatoms. The Labute approximate surface area is 203 Å². The summed E-state index contributed by atoms with van der Waals surface area (Å²) >= 11 is 9.35. The number of hydrogen-bond acceptors (Lipinski definition) is 6. The van der Waals surface area contributed by atoms with Crippen molar-refractivity contribution in [2.75, 3.05) is 0 Å². The molecule has 2 aromatic carbocycles. The molecule has 0 saturated heterocycles. The number of nitro benzene ring substituents is 1. The Hall–Kier alpha value is -2.29. The number of thiazole rings is 1. The van der Waals surface area contributed by atoms with Crippen LogP contribution in [0, 0.1) is 27.9 Å². The molecule has 0 spiro atoms. The van der Waals surface area contributed by atoms with Gasteiger partial charge in [0.25, 0.3) is 5.69 Å². The lowest BCUT2D eigenvalue weighted by Gasteiger charge is -2.40. The summed E-state index contributed by atoms with van der Waals surface area (Å²) in [5, 5.41) is 13.6. The molecule has 2 heterocycles. The maximum Gasteiger partial charge on any atom is 0.305 e. The van der Waals surface area contributed by atoms with Crippen LogP contribution in [0.15, 0.2) is 52.3 Å². The van der Waals surface area contributed by atoms with Crippen LogP contribution in [0.4, 0.5) is 5.69 Å². The molecule has 6 rings (SSSR count). The van der Waals surface area contributed by atoms with E-state index in [-0.39, 0.29) is 28.0 Å². The van der Waals surface area contributed by atoms with E-state index in [0.717, 1.165) is 21.0 Å². The minimum absolute atomic E-state index is 0.0393. The van der Waals surface area contributed by atoms with Crippen molar-refractivity contribution in [3.05, 3.63) is 83.3 Å². The Kier molecular flexibility index (Phi) is 5.27. The Balaban J connectivity index is 1.46. The van der Waals surface area contributed by atoms with Gasteiger partial charge in [-0.2, -0.15) is 0 Å².